The largest absolute Gasteiger partial charge is 0.491 e. The number of benzene rings is 2. The number of morpholine rings is 1. The van der Waals surface area contributed by atoms with E-state index < -0.39 is 0 Å². The van der Waals surface area contributed by atoms with Gasteiger partial charge in [-0.1, -0.05) is 24.3 Å². The molecule has 0 radical (unpaired) electrons. The van der Waals surface area contributed by atoms with Crippen LogP contribution >= 0.6 is 11.3 Å². The molecule has 4 rings (SSSR count). The average molecular weight is 454 g/mol. The minimum Gasteiger partial charge on any atom is -0.491 e. The number of aromatic nitrogens is 1. The Labute approximate surface area is 193 Å². The first-order valence-corrected chi connectivity index (χ1v) is 12.1. The molecule has 1 saturated heterocycles. The summed E-state index contributed by atoms with van der Waals surface area (Å²) >= 11 is 1.58. The maximum absolute atomic E-state index is 13.6. The van der Waals surface area contributed by atoms with Crippen molar-refractivity contribution in [2.45, 2.75) is 33.3 Å². The van der Waals surface area contributed by atoms with Gasteiger partial charge in [0.2, 0.25) is 0 Å². The molecule has 170 valence electrons. The number of hydrogen-bond donors (Lipinski definition) is 0. The van der Waals surface area contributed by atoms with Crippen LogP contribution in [0.1, 0.15) is 36.7 Å². The number of ether oxygens (including phenoxy) is 2. The fourth-order valence-electron chi connectivity index (χ4n) is 3.75. The zero-order valence-electron chi connectivity index (χ0n) is 19.0. The summed E-state index contributed by atoms with van der Waals surface area (Å²) < 4.78 is 12.3. The number of rotatable bonds is 8. The van der Waals surface area contributed by atoms with Crippen molar-refractivity contribution in [1.82, 2.24) is 9.88 Å². The van der Waals surface area contributed by atoms with Crippen LogP contribution in [0.5, 0.6) is 5.75 Å². The van der Waals surface area contributed by atoms with E-state index >= 15 is 0 Å². The Hall–Kier alpha value is -2.48. The van der Waals surface area contributed by atoms with Gasteiger partial charge in [0.1, 0.15) is 5.75 Å². The molecule has 2 heterocycles. The summed E-state index contributed by atoms with van der Waals surface area (Å²) in [5.74, 6) is 0.729. The SMILES string of the molecule is CCc1ccc2nc(N(CCN3CCOCC3)C(=O)c3ccc(OC(C)C)cc3)sc2c1. The quantitative estimate of drug-likeness (QED) is 0.498. The zero-order chi connectivity index (χ0) is 22.5. The van der Waals surface area contributed by atoms with E-state index in [1.165, 1.54) is 5.56 Å². The van der Waals surface area contributed by atoms with E-state index in [4.69, 9.17) is 14.5 Å². The van der Waals surface area contributed by atoms with Gasteiger partial charge in [-0.3, -0.25) is 14.6 Å². The third-order valence-corrected chi connectivity index (χ3v) is 6.58. The van der Waals surface area contributed by atoms with Crippen LogP contribution in [0.25, 0.3) is 10.2 Å². The molecular formula is C25H31N3O3S. The van der Waals surface area contributed by atoms with Crippen molar-refractivity contribution in [1.29, 1.82) is 0 Å². The standard InChI is InChI=1S/C25H31N3O3S/c1-4-19-5-10-22-23(17-19)32-25(26-22)28(12-11-27-13-15-30-16-14-27)24(29)20-6-8-21(9-7-20)31-18(2)3/h5-10,17-18H,4,11-16H2,1-3H3. The number of nitrogens with zero attached hydrogens (tertiary/aromatic N) is 3. The molecule has 2 aromatic carbocycles. The molecule has 0 bridgehead atoms. The van der Waals surface area contributed by atoms with Gasteiger partial charge in [-0.2, -0.15) is 0 Å². The van der Waals surface area contributed by atoms with Crippen LogP contribution in [0.15, 0.2) is 42.5 Å². The van der Waals surface area contributed by atoms with Crippen LogP contribution in [-0.4, -0.2) is 61.3 Å². The molecule has 32 heavy (non-hydrogen) atoms. The number of thiazole rings is 1. The highest BCUT2D eigenvalue weighted by Gasteiger charge is 2.23. The van der Waals surface area contributed by atoms with E-state index in [0.717, 1.165) is 60.4 Å². The van der Waals surface area contributed by atoms with Gasteiger partial charge in [0.05, 0.1) is 29.5 Å². The highest BCUT2D eigenvalue weighted by molar-refractivity contribution is 7.22. The molecule has 1 aromatic heterocycles. The topological polar surface area (TPSA) is 54.9 Å². The van der Waals surface area contributed by atoms with Crippen LogP contribution in [-0.2, 0) is 11.2 Å². The summed E-state index contributed by atoms with van der Waals surface area (Å²) in [7, 11) is 0. The van der Waals surface area contributed by atoms with E-state index in [2.05, 4.69) is 30.0 Å². The third-order valence-electron chi connectivity index (χ3n) is 5.54. The molecule has 6 nitrogen and oxygen atoms in total. The van der Waals surface area contributed by atoms with E-state index in [9.17, 15) is 4.79 Å². The first kappa shape index (κ1) is 22.7. The number of carbonyl (C=O) groups is 1. The minimum atomic E-state index is -0.0378. The highest BCUT2D eigenvalue weighted by atomic mass is 32.1. The van der Waals surface area contributed by atoms with E-state index in [0.29, 0.717) is 12.1 Å². The molecule has 1 fully saturated rings. The number of amides is 1. The minimum absolute atomic E-state index is 0.0378. The Balaban J connectivity index is 1.59. The lowest BCUT2D eigenvalue weighted by molar-refractivity contribution is 0.0391. The number of aryl methyl sites for hydroxylation is 1. The Morgan fingerprint density at radius 1 is 1.19 bits per heavy atom. The Bertz CT molecular complexity index is 1040. The lowest BCUT2D eigenvalue weighted by Gasteiger charge is -2.29. The van der Waals surface area contributed by atoms with Gasteiger partial charge in [0.15, 0.2) is 5.13 Å². The third kappa shape index (κ3) is 5.46. The van der Waals surface area contributed by atoms with E-state index in [-0.39, 0.29) is 12.0 Å². The second-order valence-corrected chi connectivity index (χ2v) is 9.26. The monoisotopic (exact) mass is 453 g/mol. The number of fused-ring (bicyclic) bond motifs is 1. The van der Waals surface area contributed by atoms with Gasteiger partial charge in [0.25, 0.3) is 5.91 Å². The van der Waals surface area contributed by atoms with Gasteiger partial charge < -0.3 is 9.47 Å². The molecule has 0 spiro atoms. The average Bonchev–Trinajstić information content (AvgIpc) is 3.22. The fraction of sp³-hybridized carbons (Fsp3) is 0.440. The van der Waals surface area contributed by atoms with Crippen LogP contribution in [0.4, 0.5) is 5.13 Å². The van der Waals surface area contributed by atoms with Crippen LogP contribution in [0.2, 0.25) is 0 Å². The molecular weight excluding hydrogens is 422 g/mol. The van der Waals surface area contributed by atoms with Crippen molar-refractivity contribution >= 4 is 32.6 Å². The first-order valence-electron chi connectivity index (χ1n) is 11.3. The van der Waals surface area contributed by atoms with Crippen LogP contribution in [0.3, 0.4) is 0 Å². The summed E-state index contributed by atoms with van der Waals surface area (Å²) in [5, 5.41) is 0.744. The number of anilines is 1. The molecule has 3 aromatic rings. The van der Waals surface area contributed by atoms with E-state index in [1.54, 1.807) is 11.3 Å². The first-order chi connectivity index (χ1) is 15.5. The predicted octanol–water partition coefficient (Wildman–Crippen LogP) is 4.62. The molecule has 0 N–H and O–H groups in total. The molecule has 1 aliphatic rings. The number of carbonyl (C=O) groups excluding carboxylic acids is 1. The van der Waals surface area contributed by atoms with Gasteiger partial charge >= 0.3 is 0 Å². The molecule has 1 amide bonds. The van der Waals surface area contributed by atoms with Crippen LogP contribution < -0.4 is 9.64 Å². The lowest BCUT2D eigenvalue weighted by atomic mass is 10.2. The molecule has 0 aliphatic carbocycles. The summed E-state index contributed by atoms with van der Waals surface area (Å²) in [6, 6.07) is 13.7. The fourth-order valence-corrected chi connectivity index (χ4v) is 4.80. The highest BCUT2D eigenvalue weighted by Crippen LogP contribution is 2.31. The van der Waals surface area contributed by atoms with Crippen molar-refractivity contribution in [2.75, 3.05) is 44.3 Å². The smallest absolute Gasteiger partial charge is 0.260 e. The Kier molecular flexibility index (Phi) is 7.40. The van der Waals surface area contributed by atoms with E-state index in [1.807, 2.05) is 43.0 Å². The van der Waals surface area contributed by atoms with Gasteiger partial charge in [0, 0.05) is 31.7 Å². The molecule has 0 unspecified atom stereocenters. The summed E-state index contributed by atoms with van der Waals surface area (Å²) in [6.45, 7) is 10.8. The summed E-state index contributed by atoms with van der Waals surface area (Å²) in [4.78, 5) is 22.5. The van der Waals surface area contributed by atoms with Crippen molar-refractivity contribution in [3.63, 3.8) is 0 Å². The van der Waals surface area contributed by atoms with Crippen molar-refractivity contribution in [3.05, 3.63) is 53.6 Å². The normalized spacial score (nSPS) is 14.8. The van der Waals surface area contributed by atoms with Gasteiger partial charge in [-0.05, 0) is 62.2 Å². The maximum Gasteiger partial charge on any atom is 0.260 e. The van der Waals surface area contributed by atoms with Gasteiger partial charge in [-0.25, -0.2) is 4.98 Å². The van der Waals surface area contributed by atoms with Crippen molar-refractivity contribution < 1.29 is 14.3 Å². The second-order valence-electron chi connectivity index (χ2n) is 8.25. The second kappa shape index (κ2) is 10.4. The van der Waals surface area contributed by atoms with Crippen molar-refractivity contribution in [3.8, 4) is 5.75 Å². The number of hydrogen-bond acceptors (Lipinski definition) is 6. The Morgan fingerprint density at radius 3 is 2.62 bits per heavy atom. The van der Waals surface area contributed by atoms with Crippen LogP contribution in [0, 0.1) is 0 Å². The maximum atomic E-state index is 13.6. The molecule has 0 atom stereocenters. The van der Waals surface area contributed by atoms with Crippen molar-refractivity contribution in [2.24, 2.45) is 0 Å². The zero-order valence-corrected chi connectivity index (χ0v) is 19.9. The molecule has 1 aliphatic heterocycles. The molecule has 0 saturated carbocycles. The molecule has 7 heteroatoms. The van der Waals surface area contributed by atoms with Gasteiger partial charge in [-0.15, -0.1) is 0 Å². The summed E-state index contributed by atoms with van der Waals surface area (Å²) in [5.41, 5.74) is 2.85. The lowest BCUT2D eigenvalue weighted by Crippen LogP contribution is -2.43. The Morgan fingerprint density at radius 2 is 1.94 bits per heavy atom. The summed E-state index contributed by atoms with van der Waals surface area (Å²) in [6.07, 6.45) is 1.07. The predicted molar refractivity (Wildman–Crippen MR) is 130 cm³/mol.